The molecule has 1 atom stereocenters. The molecule has 0 saturated heterocycles. The molecule has 2 aromatic rings. The number of halogens is 3. The molecule has 0 fully saturated rings. The van der Waals surface area contributed by atoms with Crippen molar-refractivity contribution in [2.75, 3.05) is 0 Å². The van der Waals surface area contributed by atoms with E-state index in [1.807, 2.05) is 13.8 Å². The second-order valence-corrected chi connectivity index (χ2v) is 4.85. The fourth-order valence-electron chi connectivity index (χ4n) is 2.01. The minimum atomic E-state index is -4.42. The van der Waals surface area contributed by atoms with Gasteiger partial charge in [-0.2, -0.15) is 13.2 Å². The van der Waals surface area contributed by atoms with Crippen LogP contribution >= 0.6 is 0 Å². The molecule has 0 saturated carbocycles. The Balaban J connectivity index is 2.38. The molecule has 0 aliphatic carbocycles. The zero-order chi connectivity index (χ0) is 14.9. The number of rotatable bonds is 3. The summed E-state index contributed by atoms with van der Waals surface area (Å²) in [6.45, 7) is 3.81. The number of alkyl halides is 3. The van der Waals surface area contributed by atoms with Crippen LogP contribution in [0.2, 0.25) is 0 Å². The van der Waals surface area contributed by atoms with Crippen LogP contribution in [0.25, 0.3) is 0 Å². The average Bonchev–Trinajstić information content (AvgIpc) is 2.86. The molecule has 1 aromatic carbocycles. The lowest BCUT2D eigenvalue weighted by molar-refractivity contribution is -0.137. The van der Waals surface area contributed by atoms with Gasteiger partial charge in [-0.05, 0) is 31.5 Å². The lowest BCUT2D eigenvalue weighted by atomic mass is 10.0. The smallest absolute Gasteiger partial charge is 0.382 e. The molecule has 1 heterocycles. The zero-order valence-corrected chi connectivity index (χ0v) is 11.1. The zero-order valence-electron chi connectivity index (χ0n) is 11.1. The summed E-state index contributed by atoms with van der Waals surface area (Å²) in [6.07, 6.45) is -2.54. The quantitative estimate of drug-likeness (QED) is 0.935. The van der Waals surface area contributed by atoms with E-state index >= 15 is 0 Å². The summed E-state index contributed by atoms with van der Waals surface area (Å²) < 4.78 is 39.8. The second kappa shape index (κ2) is 5.28. The first-order valence-electron chi connectivity index (χ1n) is 6.17. The maximum absolute atomic E-state index is 12.7. The maximum Gasteiger partial charge on any atom is 0.416 e. The van der Waals surface area contributed by atoms with Gasteiger partial charge in [0.25, 0.3) is 0 Å². The van der Waals surface area contributed by atoms with Gasteiger partial charge in [0.15, 0.2) is 0 Å². The van der Waals surface area contributed by atoms with Gasteiger partial charge in [-0.25, -0.2) is 4.98 Å². The van der Waals surface area contributed by atoms with Crippen LogP contribution in [0.1, 0.15) is 42.8 Å². The highest BCUT2D eigenvalue weighted by atomic mass is 19.4. The normalized spacial score (nSPS) is 13.8. The van der Waals surface area contributed by atoms with Crippen LogP contribution in [-0.2, 0) is 6.18 Å². The fraction of sp³-hybridized carbons (Fsp3) is 0.357. The summed E-state index contributed by atoms with van der Waals surface area (Å²) in [4.78, 5) is 3.94. The first kappa shape index (κ1) is 14.6. The van der Waals surface area contributed by atoms with Gasteiger partial charge >= 0.3 is 6.18 Å². The third-order valence-corrected chi connectivity index (χ3v) is 3.06. The van der Waals surface area contributed by atoms with Gasteiger partial charge in [-0.15, -0.1) is 0 Å². The van der Waals surface area contributed by atoms with Crippen molar-refractivity contribution in [3.05, 3.63) is 53.6 Å². The molecule has 0 bridgehead atoms. The van der Waals surface area contributed by atoms with Gasteiger partial charge in [0, 0.05) is 6.04 Å². The van der Waals surface area contributed by atoms with Crippen LogP contribution in [0.3, 0.4) is 0 Å². The Bertz CT molecular complexity index is 590. The second-order valence-electron chi connectivity index (χ2n) is 4.85. The van der Waals surface area contributed by atoms with E-state index in [1.54, 1.807) is 10.9 Å². The van der Waals surface area contributed by atoms with Crippen LogP contribution in [0.4, 0.5) is 13.2 Å². The summed E-state index contributed by atoms with van der Waals surface area (Å²) in [5.41, 5.74) is -0.105. The summed E-state index contributed by atoms with van der Waals surface area (Å²) in [6, 6.07) is 4.76. The molecule has 0 spiro atoms. The van der Waals surface area contributed by atoms with Gasteiger partial charge in [0.05, 0.1) is 23.8 Å². The van der Waals surface area contributed by atoms with Crippen molar-refractivity contribution >= 4 is 0 Å². The third-order valence-electron chi connectivity index (χ3n) is 3.06. The third kappa shape index (κ3) is 2.85. The highest BCUT2D eigenvalue weighted by Gasteiger charge is 2.31. The lowest BCUT2D eigenvalue weighted by Crippen LogP contribution is -2.11. The van der Waals surface area contributed by atoms with E-state index in [0.717, 1.165) is 12.1 Å². The molecule has 3 nitrogen and oxygen atoms in total. The number of aliphatic hydroxyl groups excluding tert-OH is 1. The molecule has 0 aliphatic rings. The van der Waals surface area contributed by atoms with Crippen molar-refractivity contribution in [3.63, 3.8) is 0 Å². The number of nitrogens with zero attached hydrogens (tertiary/aromatic N) is 2. The Morgan fingerprint density at radius 2 is 1.95 bits per heavy atom. The van der Waals surface area contributed by atoms with Crippen LogP contribution in [0.5, 0.6) is 0 Å². The summed E-state index contributed by atoms with van der Waals surface area (Å²) in [5.74, 6) is 0. The summed E-state index contributed by atoms with van der Waals surface area (Å²) >= 11 is 0. The molecule has 20 heavy (non-hydrogen) atoms. The fourth-order valence-corrected chi connectivity index (χ4v) is 2.01. The molecular formula is C14H15F3N2O. The molecule has 0 amide bonds. The van der Waals surface area contributed by atoms with E-state index < -0.39 is 17.8 Å². The Morgan fingerprint density at radius 1 is 1.25 bits per heavy atom. The molecule has 6 heteroatoms. The van der Waals surface area contributed by atoms with Crippen LogP contribution in [0.15, 0.2) is 36.8 Å². The lowest BCUT2D eigenvalue weighted by Gasteiger charge is -2.17. The van der Waals surface area contributed by atoms with E-state index in [0.29, 0.717) is 5.69 Å². The predicted molar refractivity (Wildman–Crippen MR) is 68.1 cm³/mol. The Labute approximate surface area is 114 Å². The number of aromatic nitrogens is 2. The molecule has 1 N–H and O–H groups in total. The van der Waals surface area contributed by atoms with Crippen molar-refractivity contribution in [3.8, 4) is 0 Å². The van der Waals surface area contributed by atoms with Gasteiger partial charge < -0.3 is 9.67 Å². The molecule has 108 valence electrons. The van der Waals surface area contributed by atoms with Crippen molar-refractivity contribution < 1.29 is 18.3 Å². The molecule has 0 aliphatic heterocycles. The summed E-state index contributed by atoms with van der Waals surface area (Å²) in [7, 11) is 0. The van der Waals surface area contributed by atoms with E-state index in [1.165, 1.54) is 18.3 Å². The van der Waals surface area contributed by atoms with Crippen molar-refractivity contribution in [1.82, 2.24) is 9.55 Å². The van der Waals surface area contributed by atoms with Gasteiger partial charge in [0.2, 0.25) is 0 Å². The molecular weight excluding hydrogens is 269 g/mol. The van der Waals surface area contributed by atoms with Crippen LogP contribution in [0, 0.1) is 0 Å². The topological polar surface area (TPSA) is 38.0 Å². The van der Waals surface area contributed by atoms with Crippen molar-refractivity contribution in [1.29, 1.82) is 0 Å². The van der Waals surface area contributed by atoms with Gasteiger partial charge in [-0.1, -0.05) is 12.1 Å². The minimum absolute atomic E-state index is 0.0629. The van der Waals surface area contributed by atoms with Crippen LogP contribution in [-0.4, -0.2) is 14.7 Å². The van der Waals surface area contributed by atoms with E-state index in [2.05, 4.69) is 4.98 Å². The first-order chi connectivity index (χ1) is 9.30. The van der Waals surface area contributed by atoms with Crippen LogP contribution < -0.4 is 0 Å². The number of hydrogen-bond acceptors (Lipinski definition) is 2. The Kier molecular flexibility index (Phi) is 3.85. The van der Waals surface area contributed by atoms with E-state index in [4.69, 9.17) is 0 Å². The Hall–Kier alpha value is -1.82. The molecule has 1 aromatic heterocycles. The van der Waals surface area contributed by atoms with E-state index in [9.17, 15) is 18.3 Å². The number of aliphatic hydroxyl groups is 1. The van der Waals surface area contributed by atoms with Gasteiger partial charge in [-0.3, -0.25) is 0 Å². The standard InChI is InChI=1S/C14H15F3N2O/c1-9(2)19-8-18-7-12(19)13(20)10-4-3-5-11(6-10)14(15,16)17/h3-9,13,20H,1-2H3. The first-order valence-corrected chi connectivity index (χ1v) is 6.17. The van der Waals surface area contributed by atoms with E-state index in [-0.39, 0.29) is 11.6 Å². The highest BCUT2D eigenvalue weighted by molar-refractivity contribution is 5.31. The predicted octanol–water partition coefficient (Wildman–Crippen LogP) is 3.56. The monoisotopic (exact) mass is 284 g/mol. The minimum Gasteiger partial charge on any atom is -0.382 e. The largest absolute Gasteiger partial charge is 0.416 e. The number of imidazole rings is 1. The number of hydrogen-bond donors (Lipinski definition) is 1. The highest BCUT2D eigenvalue weighted by Crippen LogP contribution is 2.32. The number of benzene rings is 1. The SMILES string of the molecule is CC(C)n1cncc1C(O)c1cccc(C(F)(F)F)c1. The summed E-state index contributed by atoms with van der Waals surface area (Å²) in [5, 5.41) is 10.3. The molecule has 1 unspecified atom stereocenters. The molecule has 2 rings (SSSR count). The average molecular weight is 284 g/mol. The Morgan fingerprint density at radius 3 is 2.55 bits per heavy atom. The van der Waals surface area contributed by atoms with Crippen molar-refractivity contribution in [2.45, 2.75) is 32.2 Å². The van der Waals surface area contributed by atoms with Gasteiger partial charge in [0.1, 0.15) is 6.10 Å². The maximum atomic E-state index is 12.7. The molecule has 0 radical (unpaired) electrons. The van der Waals surface area contributed by atoms with Crippen molar-refractivity contribution in [2.24, 2.45) is 0 Å².